The van der Waals surface area contributed by atoms with Gasteiger partial charge >= 0.3 is 0 Å². The lowest BCUT2D eigenvalue weighted by Crippen LogP contribution is -2.31. The van der Waals surface area contributed by atoms with Crippen molar-refractivity contribution in [1.29, 1.82) is 0 Å². The van der Waals surface area contributed by atoms with Crippen LogP contribution < -0.4 is 5.32 Å². The highest BCUT2D eigenvalue weighted by Crippen LogP contribution is 2.21. The molecular weight excluding hydrogens is 166 g/mol. The van der Waals surface area contributed by atoms with E-state index < -0.39 is 0 Å². The van der Waals surface area contributed by atoms with E-state index >= 15 is 0 Å². The maximum atomic E-state index is 11.0. The Kier molecular flexibility index (Phi) is 2.96. The predicted molar refractivity (Wildman–Crippen MR) is 51.4 cm³/mol. The molecule has 1 fully saturated rings. The zero-order chi connectivity index (χ0) is 10.1. The zero-order valence-corrected chi connectivity index (χ0v) is 8.89. The highest BCUT2D eigenvalue weighted by Gasteiger charge is 2.29. The lowest BCUT2D eigenvalue weighted by molar-refractivity contribution is -0.120. The Labute approximate surface area is 79.8 Å². The van der Waals surface area contributed by atoms with Crippen molar-refractivity contribution in [1.82, 2.24) is 5.32 Å². The van der Waals surface area contributed by atoms with E-state index in [1.165, 1.54) is 0 Å². The molecule has 0 aromatic heterocycles. The number of nitrogens with one attached hydrogen (secondary N) is 1. The molecule has 1 aliphatic heterocycles. The summed E-state index contributed by atoms with van der Waals surface area (Å²) < 4.78 is 5.78. The Morgan fingerprint density at radius 3 is 2.54 bits per heavy atom. The van der Waals surface area contributed by atoms with Crippen LogP contribution in [-0.4, -0.2) is 24.2 Å². The van der Waals surface area contributed by atoms with Crippen LogP contribution in [0.2, 0.25) is 0 Å². The monoisotopic (exact) mass is 185 g/mol. The molecule has 1 amide bonds. The normalized spacial score (nSPS) is 25.8. The van der Waals surface area contributed by atoms with Gasteiger partial charge in [-0.25, -0.2) is 0 Å². The molecule has 1 aliphatic rings. The largest absolute Gasteiger partial charge is 0.373 e. The molecule has 3 heteroatoms. The van der Waals surface area contributed by atoms with E-state index in [4.69, 9.17) is 4.74 Å². The van der Waals surface area contributed by atoms with Gasteiger partial charge in [-0.1, -0.05) is 0 Å². The first-order valence-electron chi connectivity index (χ1n) is 4.83. The van der Waals surface area contributed by atoms with Crippen molar-refractivity contribution in [3.63, 3.8) is 0 Å². The molecule has 76 valence electrons. The molecule has 0 bridgehead atoms. The summed E-state index contributed by atoms with van der Waals surface area (Å²) in [5.41, 5.74) is -0.120. The van der Waals surface area contributed by atoms with Crippen molar-refractivity contribution in [2.75, 3.05) is 6.54 Å². The van der Waals surface area contributed by atoms with Crippen molar-refractivity contribution in [3.05, 3.63) is 0 Å². The molecule has 0 unspecified atom stereocenters. The molecule has 13 heavy (non-hydrogen) atoms. The quantitative estimate of drug-likeness (QED) is 0.704. The van der Waals surface area contributed by atoms with Gasteiger partial charge in [-0.3, -0.25) is 4.79 Å². The van der Waals surface area contributed by atoms with Gasteiger partial charge in [0.05, 0.1) is 11.7 Å². The summed E-state index contributed by atoms with van der Waals surface area (Å²) in [6.45, 7) is 8.90. The molecule has 3 nitrogen and oxygen atoms in total. The summed E-state index contributed by atoms with van der Waals surface area (Å²) in [7, 11) is 0. The fourth-order valence-electron chi connectivity index (χ4n) is 1.61. The SMILES string of the molecule is C[C@@H](OC(C)(C)C)[C@H]1CNC(=O)C1. The molecule has 0 aromatic carbocycles. The van der Waals surface area contributed by atoms with Crippen molar-refractivity contribution < 1.29 is 9.53 Å². The van der Waals surface area contributed by atoms with Gasteiger partial charge in [0.1, 0.15) is 0 Å². The molecule has 2 atom stereocenters. The fraction of sp³-hybridized carbons (Fsp3) is 0.900. The van der Waals surface area contributed by atoms with E-state index in [0.29, 0.717) is 12.3 Å². The van der Waals surface area contributed by atoms with Gasteiger partial charge in [-0.05, 0) is 27.7 Å². The fourth-order valence-corrected chi connectivity index (χ4v) is 1.61. The summed E-state index contributed by atoms with van der Waals surface area (Å²) in [6.07, 6.45) is 0.760. The van der Waals surface area contributed by atoms with Crippen molar-refractivity contribution in [3.8, 4) is 0 Å². The van der Waals surface area contributed by atoms with Crippen LogP contribution in [0.25, 0.3) is 0 Å². The Hall–Kier alpha value is -0.570. The minimum absolute atomic E-state index is 0.120. The Bertz CT molecular complexity index is 196. The minimum Gasteiger partial charge on any atom is -0.373 e. The average Bonchev–Trinajstić information content (AvgIpc) is 2.31. The highest BCUT2D eigenvalue weighted by atomic mass is 16.5. The van der Waals surface area contributed by atoms with Gasteiger partial charge < -0.3 is 10.1 Å². The second kappa shape index (κ2) is 3.66. The molecule has 1 rings (SSSR count). The van der Waals surface area contributed by atoms with Gasteiger partial charge in [-0.15, -0.1) is 0 Å². The number of amides is 1. The Morgan fingerprint density at radius 1 is 1.54 bits per heavy atom. The lowest BCUT2D eigenvalue weighted by Gasteiger charge is -2.28. The van der Waals surface area contributed by atoms with Gasteiger partial charge in [0, 0.05) is 18.9 Å². The van der Waals surface area contributed by atoms with Gasteiger partial charge in [0.2, 0.25) is 5.91 Å². The van der Waals surface area contributed by atoms with Gasteiger partial charge in [0.15, 0.2) is 0 Å². The standard InChI is InChI=1S/C10H19NO2/c1-7(13-10(2,3)4)8-5-9(12)11-6-8/h7-8H,5-6H2,1-4H3,(H,11,12)/t7-,8-/m1/s1. The Balaban J connectivity index is 2.40. The maximum Gasteiger partial charge on any atom is 0.220 e. The van der Waals surface area contributed by atoms with Crippen LogP contribution >= 0.6 is 0 Å². The minimum atomic E-state index is -0.120. The predicted octanol–water partition coefficient (Wildman–Crippen LogP) is 1.33. The molecule has 1 heterocycles. The zero-order valence-electron chi connectivity index (χ0n) is 8.89. The number of rotatable bonds is 2. The second-order valence-corrected chi connectivity index (χ2v) is 4.70. The first kappa shape index (κ1) is 10.5. The first-order valence-corrected chi connectivity index (χ1v) is 4.83. The number of ether oxygens (including phenoxy) is 1. The van der Waals surface area contributed by atoms with Crippen LogP contribution in [0.15, 0.2) is 0 Å². The van der Waals surface area contributed by atoms with E-state index in [0.717, 1.165) is 6.54 Å². The summed E-state index contributed by atoms with van der Waals surface area (Å²) in [5.74, 6) is 0.487. The van der Waals surface area contributed by atoms with E-state index in [1.54, 1.807) is 0 Å². The van der Waals surface area contributed by atoms with Crippen LogP contribution in [0.1, 0.15) is 34.1 Å². The Morgan fingerprint density at radius 2 is 2.15 bits per heavy atom. The van der Waals surface area contributed by atoms with E-state index in [1.807, 2.05) is 27.7 Å². The van der Waals surface area contributed by atoms with E-state index in [2.05, 4.69) is 5.32 Å². The molecule has 1 saturated heterocycles. The molecule has 0 spiro atoms. The third-order valence-electron chi connectivity index (χ3n) is 2.21. The van der Waals surface area contributed by atoms with Gasteiger partial charge in [0.25, 0.3) is 0 Å². The summed E-state index contributed by atoms with van der Waals surface area (Å²) in [4.78, 5) is 11.0. The number of carbonyl (C=O) groups is 1. The molecule has 1 N–H and O–H groups in total. The first-order chi connectivity index (χ1) is 5.88. The van der Waals surface area contributed by atoms with Crippen LogP contribution in [0.4, 0.5) is 0 Å². The van der Waals surface area contributed by atoms with Crippen LogP contribution in [0.3, 0.4) is 0 Å². The molecule has 0 aromatic rings. The number of hydrogen-bond donors (Lipinski definition) is 1. The number of carbonyl (C=O) groups excluding carboxylic acids is 1. The summed E-state index contributed by atoms with van der Waals surface area (Å²) >= 11 is 0. The number of hydrogen-bond acceptors (Lipinski definition) is 2. The van der Waals surface area contributed by atoms with Crippen molar-refractivity contribution in [2.45, 2.75) is 45.8 Å². The van der Waals surface area contributed by atoms with E-state index in [-0.39, 0.29) is 17.6 Å². The smallest absolute Gasteiger partial charge is 0.220 e. The van der Waals surface area contributed by atoms with Gasteiger partial charge in [-0.2, -0.15) is 0 Å². The highest BCUT2D eigenvalue weighted by molar-refractivity contribution is 5.78. The summed E-state index contributed by atoms with van der Waals surface area (Å²) in [6, 6.07) is 0. The average molecular weight is 185 g/mol. The van der Waals surface area contributed by atoms with Crippen LogP contribution in [0.5, 0.6) is 0 Å². The maximum absolute atomic E-state index is 11.0. The molecular formula is C10H19NO2. The van der Waals surface area contributed by atoms with Crippen molar-refractivity contribution in [2.24, 2.45) is 5.92 Å². The van der Waals surface area contributed by atoms with Crippen LogP contribution in [0, 0.1) is 5.92 Å². The van der Waals surface area contributed by atoms with Crippen LogP contribution in [-0.2, 0) is 9.53 Å². The third-order valence-corrected chi connectivity index (χ3v) is 2.21. The molecule has 0 aliphatic carbocycles. The lowest BCUT2D eigenvalue weighted by atomic mass is 10.0. The third kappa shape index (κ3) is 3.35. The summed E-state index contributed by atoms with van der Waals surface area (Å²) in [5, 5.41) is 2.82. The topological polar surface area (TPSA) is 38.3 Å². The van der Waals surface area contributed by atoms with Crippen molar-refractivity contribution >= 4 is 5.91 Å². The molecule has 0 radical (unpaired) electrons. The second-order valence-electron chi connectivity index (χ2n) is 4.70. The van der Waals surface area contributed by atoms with E-state index in [9.17, 15) is 4.79 Å². The molecule has 0 saturated carbocycles.